The van der Waals surface area contributed by atoms with Crippen LogP contribution in [0.3, 0.4) is 0 Å². The molecule has 1 heterocycles. The molecule has 0 aromatic heterocycles. The molecule has 1 aliphatic rings. The van der Waals surface area contributed by atoms with Crippen LogP contribution < -0.4 is 0 Å². The van der Waals surface area contributed by atoms with Crippen LogP contribution in [0, 0.1) is 0 Å². The van der Waals surface area contributed by atoms with E-state index in [2.05, 4.69) is 0 Å². The van der Waals surface area contributed by atoms with Gasteiger partial charge in [0, 0.05) is 31.5 Å². The van der Waals surface area contributed by atoms with Gasteiger partial charge in [-0.05, 0) is 18.4 Å². The van der Waals surface area contributed by atoms with Crippen LogP contribution in [-0.4, -0.2) is 47.4 Å². The molecule has 0 aliphatic carbocycles. The van der Waals surface area contributed by atoms with Gasteiger partial charge in [0.15, 0.2) is 0 Å². The maximum atomic E-state index is 12.2. The molecule has 1 aromatic rings. The zero-order valence-corrected chi connectivity index (χ0v) is 15.3. The second kappa shape index (κ2) is 11.1. The van der Waals surface area contributed by atoms with Crippen molar-refractivity contribution < 1.29 is 24.2 Å². The number of ketones is 1. The minimum atomic E-state index is -1.01. The number of carbonyl (C=O) groups excluding carboxylic acids is 2. The lowest BCUT2D eigenvalue weighted by Crippen LogP contribution is -2.33. The molecule has 1 fully saturated rings. The van der Waals surface area contributed by atoms with Crippen molar-refractivity contribution in [2.45, 2.75) is 32.1 Å². The van der Waals surface area contributed by atoms with E-state index in [9.17, 15) is 14.4 Å². The van der Waals surface area contributed by atoms with Crippen molar-refractivity contribution in [1.82, 2.24) is 4.90 Å². The Morgan fingerprint density at radius 1 is 1.15 bits per heavy atom. The third kappa shape index (κ3) is 7.58. The number of hydrogen-bond donors (Lipinski definition) is 1. The topological polar surface area (TPSA) is 83.9 Å². The summed E-state index contributed by atoms with van der Waals surface area (Å²) in [4.78, 5) is 36.5. The van der Waals surface area contributed by atoms with Gasteiger partial charge in [0.05, 0.1) is 6.61 Å². The first-order chi connectivity index (χ1) is 13.1. The van der Waals surface area contributed by atoms with Crippen molar-refractivity contribution in [2.24, 2.45) is 0 Å². The Balaban J connectivity index is 1.87. The summed E-state index contributed by atoms with van der Waals surface area (Å²) >= 11 is 0. The van der Waals surface area contributed by atoms with Crippen molar-refractivity contribution in [3.05, 3.63) is 59.8 Å². The summed E-state index contributed by atoms with van der Waals surface area (Å²) in [7, 11) is 0. The molecule has 144 valence electrons. The Bertz CT molecular complexity index is 709. The van der Waals surface area contributed by atoms with Crippen LogP contribution in [0.2, 0.25) is 0 Å². The van der Waals surface area contributed by atoms with E-state index in [1.165, 1.54) is 0 Å². The first-order valence-electron chi connectivity index (χ1n) is 9.06. The van der Waals surface area contributed by atoms with Crippen molar-refractivity contribution in [3.63, 3.8) is 0 Å². The summed E-state index contributed by atoms with van der Waals surface area (Å²) in [5.41, 5.74) is 1.87. The average molecular weight is 371 g/mol. The van der Waals surface area contributed by atoms with Gasteiger partial charge < -0.3 is 14.7 Å². The third-order valence-corrected chi connectivity index (χ3v) is 4.18. The largest absolute Gasteiger partial charge is 0.480 e. The number of nitrogens with zero attached hydrogens (tertiary/aromatic N) is 1. The summed E-state index contributed by atoms with van der Waals surface area (Å²) in [6, 6.07) is 9.60. The molecule has 1 saturated heterocycles. The number of allylic oxidation sites excluding steroid dienone is 2. The van der Waals surface area contributed by atoms with E-state index in [-0.39, 0.29) is 24.9 Å². The molecular weight excluding hydrogens is 346 g/mol. The van der Waals surface area contributed by atoms with Gasteiger partial charge >= 0.3 is 5.97 Å². The maximum Gasteiger partial charge on any atom is 0.329 e. The number of rotatable bonds is 10. The molecule has 1 N–H and O–H groups in total. The third-order valence-electron chi connectivity index (χ3n) is 4.18. The van der Waals surface area contributed by atoms with Gasteiger partial charge in [-0.3, -0.25) is 9.59 Å². The maximum absolute atomic E-state index is 12.2. The summed E-state index contributed by atoms with van der Waals surface area (Å²) in [6.45, 7) is 0.235. The number of aliphatic carboxylic acids is 1. The molecule has 1 amide bonds. The lowest BCUT2D eigenvalue weighted by Gasteiger charge is -2.29. The molecule has 0 radical (unpaired) electrons. The molecule has 1 aromatic carbocycles. The van der Waals surface area contributed by atoms with Gasteiger partial charge in [0.25, 0.3) is 0 Å². The molecule has 0 unspecified atom stereocenters. The second-order valence-electron chi connectivity index (χ2n) is 6.34. The highest BCUT2D eigenvalue weighted by Gasteiger charge is 2.21. The molecule has 0 bridgehead atoms. The Kier molecular flexibility index (Phi) is 8.45. The van der Waals surface area contributed by atoms with Crippen LogP contribution in [-0.2, 0) is 25.5 Å². The van der Waals surface area contributed by atoms with Crippen LogP contribution in [0.5, 0.6) is 0 Å². The molecule has 1 aliphatic heterocycles. The number of carbonyl (C=O) groups is 3. The van der Waals surface area contributed by atoms with E-state index in [1.807, 2.05) is 36.4 Å². The molecule has 0 spiro atoms. The average Bonchev–Trinajstić information content (AvgIpc) is 2.65. The van der Waals surface area contributed by atoms with Gasteiger partial charge in [-0.1, -0.05) is 48.6 Å². The van der Waals surface area contributed by atoms with Crippen molar-refractivity contribution >= 4 is 17.7 Å². The molecule has 0 saturated carbocycles. The lowest BCUT2D eigenvalue weighted by molar-refractivity contribution is -0.141. The predicted octanol–water partition coefficient (Wildman–Crippen LogP) is 2.74. The van der Waals surface area contributed by atoms with Gasteiger partial charge in [0.2, 0.25) is 5.91 Å². The minimum Gasteiger partial charge on any atom is -0.480 e. The number of amides is 1. The highest BCUT2D eigenvalue weighted by molar-refractivity contribution is 5.83. The van der Waals surface area contributed by atoms with E-state index in [0.29, 0.717) is 25.8 Å². The van der Waals surface area contributed by atoms with Gasteiger partial charge in [-0.2, -0.15) is 0 Å². The number of Topliss-reactive ketones (excluding diaryl/α,β-unsaturated/α-hetero) is 1. The number of benzene rings is 1. The summed E-state index contributed by atoms with van der Waals surface area (Å²) < 4.78 is 4.92. The highest BCUT2D eigenvalue weighted by Crippen LogP contribution is 2.22. The smallest absolute Gasteiger partial charge is 0.329 e. The van der Waals surface area contributed by atoms with Gasteiger partial charge in [0.1, 0.15) is 12.4 Å². The number of ether oxygens (including phenoxy) is 1. The summed E-state index contributed by atoms with van der Waals surface area (Å²) in [5, 5.41) is 8.50. The number of likely N-dealkylation sites (tertiary alicyclic amines) is 1. The van der Waals surface area contributed by atoms with Gasteiger partial charge in [-0.25, -0.2) is 4.79 Å². The SMILES string of the molecule is O=C(O)COC/C=C\CN1C(=O)CCCC1=CCC(=O)Cc1ccccc1. The predicted molar refractivity (Wildman–Crippen MR) is 101 cm³/mol. The molecule has 2 rings (SSSR count). The highest BCUT2D eigenvalue weighted by atomic mass is 16.5. The van der Waals surface area contributed by atoms with E-state index in [0.717, 1.165) is 24.1 Å². The van der Waals surface area contributed by atoms with Crippen molar-refractivity contribution in [3.8, 4) is 0 Å². The first kappa shape index (κ1) is 20.6. The molecule has 0 atom stereocenters. The molecule has 6 heteroatoms. The van der Waals surface area contributed by atoms with Crippen LogP contribution >= 0.6 is 0 Å². The molecular formula is C21H25NO5. The summed E-state index contributed by atoms with van der Waals surface area (Å²) in [5.74, 6) is -0.858. The second-order valence-corrected chi connectivity index (χ2v) is 6.34. The Hall–Kier alpha value is -2.73. The number of piperidine rings is 1. The quantitative estimate of drug-likeness (QED) is 0.505. The minimum absolute atomic E-state index is 0.0408. The monoisotopic (exact) mass is 371 g/mol. The fourth-order valence-electron chi connectivity index (χ4n) is 2.87. The number of carboxylic acids is 1. The number of hydrogen-bond acceptors (Lipinski definition) is 4. The van der Waals surface area contributed by atoms with Crippen LogP contribution in [0.4, 0.5) is 0 Å². The zero-order chi connectivity index (χ0) is 19.5. The molecule has 27 heavy (non-hydrogen) atoms. The van der Waals surface area contributed by atoms with E-state index in [4.69, 9.17) is 9.84 Å². The van der Waals surface area contributed by atoms with Crippen LogP contribution in [0.15, 0.2) is 54.3 Å². The van der Waals surface area contributed by atoms with Gasteiger partial charge in [-0.15, -0.1) is 0 Å². The van der Waals surface area contributed by atoms with Crippen LogP contribution in [0.1, 0.15) is 31.2 Å². The molecule has 6 nitrogen and oxygen atoms in total. The standard InChI is InChI=1S/C21H25NO5/c23-19(15-17-7-2-1-3-8-17)12-11-18-9-6-10-20(24)22(18)13-4-5-14-27-16-21(25)26/h1-5,7-8,11H,6,9-10,12-16H2,(H,25,26)/b5-4-,18-11?. The fourth-order valence-corrected chi connectivity index (χ4v) is 2.87. The van der Waals surface area contributed by atoms with Crippen molar-refractivity contribution in [1.29, 1.82) is 0 Å². The van der Waals surface area contributed by atoms with E-state index >= 15 is 0 Å². The Morgan fingerprint density at radius 2 is 1.93 bits per heavy atom. The lowest BCUT2D eigenvalue weighted by atomic mass is 10.0. The first-order valence-corrected chi connectivity index (χ1v) is 9.06. The van der Waals surface area contributed by atoms with Crippen LogP contribution in [0.25, 0.3) is 0 Å². The Labute approximate surface area is 159 Å². The van der Waals surface area contributed by atoms with E-state index in [1.54, 1.807) is 17.1 Å². The Morgan fingerprint density at radius 3 is 2.67 bits per heavy atom. The zero-order valence-electron chi connectivity index (χ0n) is 15.3. The fraction of sp³-hybridized carbons (Fsp3) is 0.381. The number of carboxylic acid groups (broad SMARTS) is 1. The normalized spacial score (nSPS) is 16.2. The van der Waals surface area contributed by atoms with E-state index < -0.39 is 5.97 Å². The van der Waals surface area contributed by atoms with Crippen molar-refractivity contribution in [2.75, 3.05) is 19.8 Å². The summed E-state index contributed by atoms with van der Waals surface area (Å²) in [6.07, 6.45) is 8.09.